The molecule has 0 unspecified atom stereocenters. The van der Waals surface area contributed by atoms with Gasteiger partial charge in [0.2, 0.25) is 0 Å². The molecule has 0 saturated carbocycles. The lowest BCUT2D eigenvalue weighted by Crippen LogP contribution is -1.98. The summed E-state index contributed by atoms with van der Waals surface area (Å²) in [6, 6.07) is 93.8. The maximum Gasteiger partial charge on any atom is 0.160 e. The van der Waals surface area contributed by atoms with Gasteiger partial charge in [-0.1, -0.05) is 206 Å². The van der Waals surface area contributed by atoms with Gasteiger partial charge >= 0.3 is 0 Å². The maximum atomic E-state index is 5.26. The Balaban J connectivity index is 0.783. The summed E-state index contributed by atoms with van der Waals surface area (Å²) < 4.78 is 4.69. The van der Waals surface area contributed by atoms with Gasteiger partial charge in [-0.15, -0.1) is 0 Å². The summed E-state index contributed by atoms with van der Waals surface area (Å²) in [5.74, 6) is 1.35. The fourth-order valence-electron chi connectivity index (χ4n) is 10.6. The third-order valence-electron chi connectivity index (χ3n) is 14.2. The van der Waals surface area contributed by atoms with Crippen molar-refractivity contribution in [3.8, 4) is 90.3 Å². The monoisotopic (exact) mass is 944 g/mol. The lowest BCUT2D eigenvalue weighted by atomic mass is 10.00. The van der Waals surface area contributed by atoms with Crippen molar-refractivity contribution in [1.82, 2.24) is 29.1 Å². The molecule has 0 aliphatic rings. The third kappa shape index (κ3) is 7.61. The maximum absolute atomic E-state index is 5.26. The number of rotatable bonds is 9. The molecule has 6 nitrogen and oxygen atoms in total. The van der Waals surface area contributed by atoms with E-state index in [-0.39, 0.29) is 0 Å². The minimum Gasteiger partial charge on any atom is -0.309 e. The lowest BCUT2D eigenvalue weighted by molar-refractivity contribution is 1.16. The zero-order chi connectivity index (χ0) is 49.0. The van der Waals surface area contributed by atoms with Crippen molar-refractivity contribution in [2.24, 2.45) is 0 Å². The molecule has 0 fully saturated rings. The third-order valence-corrected chi connectivity index (χ3v) is 14.2. The van der Waals surface area contributed by atoms with Gasteiger partial charge in [0.25, 0.3) is 0 Å². The first-order chi connectivity index (χ1) is 36.7. The molecule has 0 atom stereocenters. The molecule has 0 radical (unpaired) electrons. The van der Waals surface area contributed by atoms with Crippen LogP contribution in [-0.4, -0.2) is 29.1 Å². The van der Waals surface area contributed by atoms with Crippen molar-refractivity contribution in [2.45, 2.75) is 0 Å². The molecule has 0 saturated heterocycles. The molecular weight excluding hydrogens is 901 g/mol. The van der Waals surface area contributed by atoms with E-state index in [1.54, 1.807) is 0 Å². The van der Waals surface area contributed by atoms with E-state index in [1.165, 1.54) is 43.6 Å². The van der Waals surface area contributed by atoms with Crippen LogP contribution in [0, 0.1) is 0 Å². The van der Waals surface area contributed by atoms with Crippen LogP contribution in [0.4, 0.5) is 0 Å². The van der Waals surface area contributed by atoms with Gasteiger partial charge in [-0.2, -0.15) is 0 Å². The van der Waals surface area contributed by atoms with Gasteiger partial charge in [-0.05, 0) is 71.8 Å². The molecule has 74 heavy (non-hydrogen) atoms. The van der Waals surface area contributed by atoms with Crippen LogP contribution in [0.2, 0.25) is 0 Å². The van der Waals surface area contributed by atoms with Crippen LogP contribution >= 0.6 is 0 Å². The SMILES string of the molecule is c1ccc(-c2cc(-c3cccc(-n4c5ccccc5c5ccccc54)c3)nc(-c3ccc(-c4ccc(-c5cc(-c6ccc(-n7c8ccccc8c8ccccc87)cc6)nc(-c6ccccc6)n5)cc4)cc3)n2)cc1. The largest absolute Gasteiger partial charge is 0.309 e. The van der Waals surface area contributed by atoms with Gasteiger partial charge in [-0.25, -0.2) is 19.9 Å². The van der Waals surface area contributed by atoms with Crippen molar-refractivity contribution in [1.29, 1.82) is 0 Å². The number of para-hydroxylation sites is 4. The fourth-order valence-corrected chi connectivity index (χ4v) is 10.6. The summed E-state index contributed by atoms with van der Waals surface area (Å²) in [4.78, 5) is 20.7. The van der Waals surface area contributed by atoms with E-state index in [1.807, 2.05) is 24.3 Å². The highest BCUT2D eigenvalue weighted by Crippen LogP contribution is 2.37. The average molecular weight is 945 g/mol. The van der Waals surface area contributed by atoms with E-state index in [4.69, 9.17) is 19.9 Å². The Kier molecular flexibility index (Phi) is 10.4. The first-order valence-corrected chi connectivity index (χ1v) is 25.0. The van der Waals surface area contributed by atoms with E-state index in [9.17, 15) is 0 Å². The molecule has 0 aliphatic carbocycles. The normalized spacial score (nSPS) is 11.5. The van der Waals surface area contributed by atoms with Crippen molar-refractivity contribution in [3.63, 3.8) is 0 Å². The zero-order valence-corrected chi connectivity index (χ0v) is 40.1. The van der Waals surface area contributed by atoms with E-state index >= 15 is 0 Å². The number of benzene rings is 10. The minimum absolute atomic E-state index is 0.667. The van der Waals surface area contributed by atoms with Gasteiger partial charge in [0.05, 0.1) is 44.8 Å². The highest BCUT2D eigenvalue weighted by atomic mass is 15.0. The quantitative estimate of drug-likeness (QED) is 0.145. The van der Waals surface area contributed by atoms with E-state index in [0.717, 1.165) is 78.7 Å². The molecule has 10 aromatic carbocycles. The molecule has 6 heteroatoms. The van der Waals surface area contributed by atoms with Crippen LogP contribution in [0.3, 0.4) is 0 Å². The minimum atomic E-state index is 0.667. The molecule has 14 aromatic rings. The van der Waals surface area contributed by atoms with Gasteiger partial charge in [0.15, 0.2) is 11.6 Å². The molecular formula is C68H44N6. The van der Waals surface area contributed by atoms with Crippen LogP contribution < -0.4 is 0 Å². The summed E-state index contributed by atoms with van der Waals surface area (Å²) in [5.41, 5.74) is 18.5. The van der Waals surface area contributed by atoms with E-state index < -0.39 is 0 Å². The molecule has 346 valence electrons. The first kappa shape index (κ1) is 42.8. The molecule has 0 aliphatic heterocycles. The summed E-state index contributed by atoms with van der Waals surface area (Å²) >= 11 is 0. The van der Waals surface area contributed by atoms with Gasteiger partial charge in [0, 0.05) is 66.3 Å². The summed E-state index contributed by atoms with van der Waals surface area (Å²) in [5, 5.41) is 4.95. The van der Waals surface area contributed by atoms with Crippen LogP contribution in [0.25, 0.3) is 134 Å². The van der Waals surface area contributed by atoms with E-state index in [0.29, 0.717) is 11.6 Å². The highest BCUT2D eigenvalue weighted by molar-refractivity contribution is 6.10. The Morgan fingerprint density at radius 1 is 0.203 bits per heavy atom. The summed E-state index contributed by atoms with van der Waals surface area (Å²) in [6.45, 7) is 0. The molecule has 14 rings (SSSR count). The predicted octanol–water partition coefficient (Wildman–Crippen LogP) is 17.1. The van der Waals surface area contributed by atoms with Crippen LogP contribution in [0.15, 0.2) is 267 Å². The number of nitrogens with zero attached hydrogens (tertiary/aromatic N) is 6. The topological polar surface area (TPSA) is 61.4 Å². The molecule has 0 amide bonds. The Morgan fingerprint density at radius 2 is 0.514 bits per heavy atom. The molecule has 4 aromatic heterocycles. The number of fused-ring (bicyclic) bond motifs is 6. The lowest BCUT2D eigenvalue weighted by Gasteiger charge is -2.13. The number of hydrogen-bond acceptors (Lipinski definition) is 4. The molecule has 4 heterocycles. The van der Waals surface area contributed by atoms with Gasteiger partial charge in [0.1, 0.15) is 0 Å². The van der Waals surface area contributed by atoms with Crippen LogP contribution in [0.1, 0.15) is 0 Å². The van der Waals surface area contributed by atoms with Crippen molar-refractivity contribution in [2.75, 3.05) is 0 Å². The summed E-state index contributed by atoms with van der Waals surface area (Å²) in [6.07, 6.45) is 0. The predicted molar refractivity (Wildman–Crippen MR) is 304 cm³/mol. The van der Waals surface area contributed by atoms with Crippen LogP contribution in [-0.2, 0) is 0 Å². The van der Waals surface area contributed by atoms with Crippen molar-refractivity contribution >= 4 is 43.6 Å². The Bertz CT molecular complexity index is 4280. The smallest absolute Gasteiger partial charge is 0.160 e. The van der Waals surface area contributed by atoms with Crippen molar-refractivity contribution in [3.05, 3.63) is 267 Å². The number of hydrogen-bond donors (Lipinski definition) is 0. The van der Waals surface area contributed by atoms with Crippen molar-refractivity contribution < 1.29 is 0 Å². The summed E-state index contributed by atoms with van der Waals surface area (Å²) in [7, 11) is 0. The number of aromatic nitrogens is 6. The van der Waals surface area contributed by atoms with Crippen LogP contribution in [0.5, 0.6) is 0 Å². The second-order valence-electron chi connectivity index (χ2n) is 18.6. The Morgan fingerprint density at radius 3 is 0.973 bits per heavy atom. The van der Waals surface area contributed by atoms with Gasteiger partial charge in [-0.3, -0.25) is 0 Å². The zero-order valence-electron chi connectivity index (χ0n) is 40.1. The second kappa shape index (κ2) is 18.0. The Hall–Kier alpha value is -10.0. The van der Waals surface area contributed by atoms with E-state index in [2.05, 4.69) is 252 Å². The average Bonchev–Trinajstić information content (AvgIpc) is 4.01. The fraction of sp³-hybridized carbons (Fsp3) is 0. The highest BCUT2D eigenvalue weighted by Gasteiger charge is 2.17. The Labute approximate surface area is 427 Å². The molecule has 0 spiro atoms. The molecule has 0 bridgehead atoms. The standard InChI is InChI=1S/C68H44N6/c1-3-16-47(17-4-1)59-44-62(52-20-15-21-54(42-52)74-65-28-13-9-24-57(65)58-25-10-14-29-66(58)74)72-68(69-59)51-36-32-46(33-37-51)45-30-34-48(35-31-45)60-43-61(71-67(70-60)50-18-5-2-6-19-50)49-38-40-53(41-39-49)73-63-26-11-7-22-55(63)56-23-8-12-27-64(56)73/h1-44H. The first-order valence-electron chi connectivity index (χ1n) is 25.0. The van der Waals surface area contributed by atoms with Gasteiger partial charge < -0.3 is 9.13 Å². The molecule has 0 N–H and O–H groups in total. The second-order valence-corrected chi connectivity index (χ2v) is 18.6.